The number of fused-ring (bicyclic) bond motifs is 1. The molecule has 2 heterocycles. The molecule has 0 saturated carbocycles. The van der Waals surface area contributed by atoms with Crippen molar-refractivity contribution in [3.05, 3.63) is 77.4 Å². The summed E-state index contributed by atoms with van der Waals surface area (Å²) < 4.78 is 1.81. The van der Waals surface area contributed by atoms with Crippen molar-refractivity contribution in [2.75, 3.05) is 10.6 Å². The lowest BCUT2D eigenvalue weighted by Crippen LogP contribution is -2.20. The molecule has 1 amide bonds. The number of rotatable bonds is 4. The van der Waals surface area contributed by atoms with Gasteiger partial charge in [-0.15, -0.1) is 5.10 Å². The third-order valence-corrected chi connectivity index (χ3v) is 4.73. The Morgan fingerprint density at radius 3 is 2.50 bits per heavy atom. The SMILES string of the molecule is Cc1ccc(C2C=C(c3ccccc3)Nc3nc(NC(=O)C(C)C)nn32)cc1. The van der Waals surface area contributed by atoms with Gasteiger partial charge in [-0.3, -0.25) is 10.1 Å². The van der Waals surface area contributed by atoms with Crippen molar-refractivity contribution in [1.82, 2.24) is 14.8 Å². The first kappa shape index (κ1) is 18.0. The smallest absolute Gasteiger partial charge is 0.250 e. The highest BCUT2D eigenvalue weighted by Gasteiger charge is 2.26. The third-order valence-electron chi connectivity index (χ3n) is 4.73. The van der Waals surface area contributed by atoms with E-state index in [2.05, 4.69) is 70.1 Å². The Bertz CT molecular complexity index is 1020. The zero-order valence-electron chi connectivity index (χ0n) is 16.2. The van der Waals surface area contributed by atoms with E-state index in [0.29, 0.717) is 11.9 Å². The molecule has 1 aliphatic rings. The Hall–Kier alpha value is -3.41. The van der Waals surface area contributed by atoms with E-state index in [4.69, 9.17) is 0 Å². The summed E-state index contributed by atoms with van der Waals surface area (Å²) in [5.41, 5.74) is 4.34. The predicted molar refractivity (Wildman–Crippen MR) is 111 cm³/mol. The molecular weight excluding hydrogens is 350 g/mol. The van der Waals surface area contributed by atoms with Crippen LogP contribution in [0.3, 0.4) is 0 Å². The molecule has 6 heteroatoms. The first-order chi connectivity index (χ1) is 13.5. The van der Waals surface area contributed by atoms with Gasteiger partial charge in [0.15, 0.2) is 0 Å². The Morgan fingerprint density at radius 1 is 1.11 bits per heavy atom. The monoisotopic (exact) mass is 373 g/mol. The van der Waals surface area contributed by atoms with E-state index in [-0.39, 0.29) is 17.9 Å². The van der Waals surface area contributed by atoms with Gasteiger partial charge in [-0.05, 0) is 24.1 Å². The zero-order chi connectivity index (χ0) is 19.7. The van der Waals surface area contributed by atoms with Gasteiger partial charge in [0.05, 0.1) is 0 Å². The van der Waals surface area contributed by atoms with Gasteiger partial charge in [0.25, 0.3) is 5.95 Å². The fourth-order valence-corrected chi connectivity index (χ4v) is 3.09. The fourth-order valence-electron chi connectivity index (χ4n) is 3.09. The number of hydrogen-bond acceptors (Lipinski definition) is 4. The van der Waals surface area contributed by atoms with Crippen molar-refractivity contribution in [3.63, 3.8) is 0 Å². The minimum absolute atomic E-state index is 0.105. The van der Waals surface area contributed by atoms with Crippen molar-refractivity contribution in [2.45, 2.75) is 26.8 Å². The average molecular weight is 373 g/mol. The van der Waals surface area contributed by atoms with Crippen LogP contribution >= 0.6 is 0 Å². The lowest BCUT2D eigenvalue weighted by atomic mass is 10.0. The normalized spacial score (nSPS) is 15.6. The molecule has 0 spiro atoms. The van der Waals surface area contributed by atoms with Gasteiger partial charge in [-0.1, -0.05) is 74.0 Å². The van der Waals surface area contributed by atoms with Crippen molar-refractivity contribution in [3.8, 4) is 0 Å². The number of benzene rings is 2. The van der Waals surface area contributed by atoms with Crippen LogP contribution in [0, 0.1) is 12.8 Å². The van der Waals surface area contributed by atoms with E-state index in [0.717, 1.165) is 16.8 Å². The van der Waals surface area contributed by atoms with E-state index < -0.39 is 0 Å². The summed E-state index contributed by atoms with van der Waals surface area (Å²) in [4.78, 5) is 16.6. The third kappa shape index (κ3) is 3.53. The second kappa shape index (κ2) is 7.31. The summed E-state index contributed by atoms with van der Waals surface area (Å²) in [5, 5.41) is 10.7. The van der Waals surface area contributed by atoms with Gasteiger partial charge < -0.3 is 5.32 Å². The topological polar surface area (TPSA) is 71.8 Å². The number of anilines is 2. The van der Waals surface area contributed by atoms with Gasteiger partial charge in [0, 0.05) is 11.6 Å². The van der Waals surface area contributed by atoms with Gasteiger partial charge in [-0.2, -0.15) is 4.98 Å². The van der Waals surface area contributed by atoms with Crippen molar-refractivity contribution < 1.29 is 4.79 Å². The van der Waals surface area contributed by atoms with Gasteiger partial charge in [0.2, 0.25) is 11.9 Å². The maximum atomic E-state index is 12.1. The Labute approximate surface area is 164 Å². The van der Waals surface area contributed by atoms with Crippen LogP contribution in [0.2, 0.25) is 0 Å². The number of aromatic nitrogens is 3. The highest BCUT2D eigenvalue weighted by Crippen LogP contribution is 2.33. The summed E-state index contributed by atoms with van der Waals surface area (Å²) in [6.07, 6.45) is 2.13. The van der Waals surface area contributed by atoms with Crippen LogP contribution in [-0.4, -0.2) is 20.7 Å². The standard InChI is InChI=1S/C22H23N5O/c1-14(2)20(28)24-21-25-22-23-18(16-7-5-4-6-8-16)13-19(27(22)26-21)17-11-9-15(3)10-12-17/h4-14,19H,1-3H3,(H2,23,24,25,26,28). The molecule has 1 aliphatic heterocycles. The van der Waals surface area contributed by atoms with Crippen molar-refractivity contribution >= 4 is 23.5 Å². The van der Waals surface area contributed by atoms with Crippen LogP contribution in [0.15, 0.2) is 60.7 Å². The molecule has 0 bridgehead atoms. The van der Waals surface area contributed by atoms with Crippen molar-refractivity contribution in [1.29, 1.82) is 0 Å². The van der Waals surface area contributed by atoms with E-state index >= 15 is 0 Å². The fraction of sp³-hybridized carbons (Fsp3) is 0.227. The molecule has 1 atom stereocenters. The number of amides is 1. The zero-order valence-corrected chi connectivity index (χ0v) is 16.2. The molecule has 0 saturated heterocycles. The van der Waals surface area contributed by atoms with E-state index in [1.807, 2.05) is 36.7 Å². The maximum Gasteiger partial charge on any atom is 0.250 e. The molecule has 6 nitrogen and oxygen atoms in total. The summed E-state index contributed by atoms with van der Waals surface area (Å²) >= 11 is 0. The number of hydrogen-bond donors (Lipinski definition) is 2. The van der Waals surface area contributed by atoms with Crippen LogP contribution in [0.5, 0.6) is 0 Å². The quantitative estimate of drug-likeness (QED) is 0.718. The molecule has 4 rings (SSSR count). The highest BCUT2D eigenvalue weighted by molar-refractivity contribution is 5.90. The van der Waals surface area contributed by atoms with Gasteiger partial charge in [0.1, 0.15) is 6.04 Å². The Morgan fingerprint density at radius 2 is 1.82 bits per heavy atom. The summed E-state index contributed by atoms with van der Waals surface area (Å²) in [6, 6.07) is 18.4. The molecule has 0 radical (unpaired) electrons. The minimum atomic E-state index is -0.139. The molecule has 142 valence electrons. The lowest BCUT2D eigenvalue weighted by Gasteiger charge is -2.24. The Kier molecular flexibility index (Phi) is 4.69. The van der Waals surface area contributed by atoms with E-state index in [1.165, 1.54) is 5.56 Å². The predicted octanol–water partition coefficient (Wildman–Crippen LogP) is 4.24. The van der Waals surface area contributed by atoms with Crippen LogP contribution in [0.1, 0.15) is 36.6 Å². The van der Waals surface area contributed by atoms with Crippen LogP contribution in [0.25, 0.3) is 5.70 Å². The molecule has 1 unspecified atom stereocenters. The molecule has 2 N–H and O–H groups in total. The van der Waals surface area contributed by atoms with Gasteiger partial charge >= 0.3 is 0 Å². The minimum Gasteiger partial charge on any atom is -0.324 e. The molecule has 28 heavy (non-hydrogen) atoms. The summed E-state index contributed by atoms with van der Waals surface area (Å²) in [7, 11) is 0. The second-order valence-electron chi connectivity index (χ2n) is 7.27. The summed E-state index contributed by atoms with van der Waals surface area (Å²) in [5.74, 6) is 0.664. The second-order valence-corrected chi connectivity index (χ2v) is 7.27. The molecule has 2 aromatic carbocycles. The molecular formula is C22H23N5O. The molecule has 1 aromatic heterocycles. The number of nitrogens with one attached hydrogen (secondary N) is 2. The molecule has 3 aromatic rings. The van der Waals surface area contributed by atoms with Crippen LogP contribution < -0.4 is 10.6 Å². The average Bonchev–Trinajstić information content (AvgIpc) is 3.11. The number of allylic oxidation sites excluding steroid dienone is 1. The number of nitrogens with zero attached hydrogens (tertiary/aromatic N) is 3. The molecule has 0 aliphatic carbocycles. The van der Waals surface area contributed by atoms with Crippen LogP contribution in [-0.2, 0) is 4.79 Å². The highest BCUT2D eigenvalue weighted by atomic mass is 16.2. The number of aryl methyl sites for hydroxylation is 1. The van der Waals surface area contributed by atoms with Crippen LogP contribution in [0.4, 0.5) is 11.9 Å². The first-order valence-corrected chi connectivity index (χ1v) is 9.39. The lowest BCUT2D eigenvalue weighted by molar-refractivity contribution is -0.118. The van der Waals surface area contributed by atoms with E-state index in [1.54, 1.807) is 0 Å². The number of carbonyl (C=O) groups excluding carboxylic acids is 1. The maximum absolute atomic E-state index is 12.1. The van der Waals surface area contributed by atoms with E-state index in [9.17, 15) is 4.79 Å². The first-order valence-electron chi connectivity index (χ1n) is 9.39. The molecule has 0 fully saturated rings. The Balaban J connectivity index is 1.75. The van der Waals surface area contributed by atoms with Crippen molar-refractivity contribution in [2.24, 2.45) is 5.92 Å². The largest absolute Gasteiger partial charge is 0.324 e. The van der Waals surface area contributed by atoms with Gasteiger partial charge in [-0.25, -0.2) is 4.68 Å². The summed E-state index contributed by atoms with van der Waals surface area (Å²) in [6.45, 7) is 5.75. The number of carbonyl (C=O) groups is 1.